The number of rotatable bonds is 8. The minimum absolute atomic E-state index is 0.124. The summed E-state index contributed by atoms with van der Waals surface area (Å²) in [6, 6.07) is 4.78. The third kappa shape index (κ3) is 5.38. The molecule has 0 aromatic heterocycles. The molecule has 3 fully saturated rings. The summed E-state index contributed by atoms with van der Waals surface area (Å²) in [7, 11) is -3.66. The largest absolute Gasteiger partial charge is 0.464 e. The van der Waals surface area contributed by atoms with E-state index in [1.807, 2.05) is 0 Å². The molecule has 0 unspecified atom stereocenters. The Hall–Kier alpha value is -2.13. The molecule has 0 bridgehead atoms. The maximum atomic E-state index is 13.1. The van der Waals surface area contributed by atoms with Crippen molar-refractivity contribution in [3.05, 3.63) is 23.8 Å². The van der Waals surface area contributed by atoms with Crippen LogP contribution in [0.2, 0.25) is 0 Å². The van der Waals surface area contributed by atoms with Crippen LogP contribution in [0, 0.1) is 5.92 Å². The minimum Gasteiger partial charge on any atom is -0.464 e. The quantitative estimate of drug-likeness (QED) is 0.611. The molecule has 1 amide bonds. The van der Waals surface area contributed by atoms with E-state index < -0.39 is 21.9 Å². The Balaban J connectivity index is 1.53. The molecular weight excluding hydrogens is 418 g/mol. The Morgan fingerprint density at radius 3 is 2.35 bits per heavy atom. The number of carbonyl (C=O) groups is 2. The third-order valence-corrected chi connectivity index (χ3v) is 8.08. The second-order valence-corrected chi connectivity index (χ2v) is 10.6. The van der Waals surface area contributed by atoms with Crippen molar-refractivity contribution in [1.82, 2.24) is 9.62 Å². The number of hydrogen-bond acceptors (Lipinski definition) is 6. The monoisotopic (exact) mass is 449 g/mol. The molecule has 0 atom stereocenters. The topological polar surface area (TPSA) is 96.0 Å². The Bertz CT molecular complexity index is 917. The van der Waals surface area contributed by atoms with Crippen LogP contribution >= 0.6 is 0 Å². The molecule has 31 heavy (non-hydrogen) atoms. The summed E-state index contributed by atoms with van der Waals surface area (Å²) in [6.45, 7) is 2.82. The van der Waals surface area contributed by atoms with Crippen LogP contribution in [0.15, 0.2) is 23.1 Å². The van der Waals surface area contributed by atoms with Crippen molar-refractivity contribution in [3.63, 3.8) is 0 Å². The van der Waals surface area contributed by atoms with Crippen molar-refractivity contribution in [2.24, 2.45) is 5.92 Å². The molecule has 2 heterocycles. The van der Waals surface area contributed by atoms with Crippen molar-refractivity contribution < 1.29 is 22.7 Å². The van der Waals surface area contributed by atoms with E-state index in [4.69, 9.17) is 4.74 Å². The van der Waals surface area contributed by atoms with Gasteiger partial charge in [0.15, 0.2) is 0 Å². The maximum Gasteiger partial charge on any atom is 0.325 e. The second-order valence-electron chi connectivity index (χ2n) is 8.65. The fraction of sp³-hybridized carbons (Fsp3) is 0.636. The van der Waals surface area contributed by atoms with Crippen molar-refractivity contribution >= 4 is 27.6 Å². The number of hydrogen-bond donors (Lipinski definition) is 1. The molecule has 0 spiro atoms. The van der Waals surface area contributed by atoms with E-state index in [1.165, 1.54) is 10.4 Å². The number of ether oxygens (including phenoxy) is 1. The van der Waals surface area contributed by atoms with E-state index in [0.29, 0.717) is 31.3 Å². The molecular formula is C22H31N3O5S. The number of anilines is 1. The summed E-state index contributed by atoms with van der Waals surface area (Å²) in [5, 5.41) is 2.62. The van der Waals surface area contributed by atoms with Crippen molar-refractivity contribution in [1.29, 1.82) is 0 Å². The van der Waals surface area contributed by atoms with Crippen LogP contribution in [0.25, 0.3) is 0 Å². The van der Waals surface area contributed by atoms with Crippen LogP contribution in [-0.4, -0.2) is 63.9 Å². The Morgan fingerprint density at radius 2 is 1.68 bits per heavy atom. The van der Waals surface area contributed by atoms with E-state index in [9.17, 15) is 18.0 Å². The first-order valence-electron chi connectivity index (χ1n) is 11.3. The van der Waals surface area contributed by atoms with E-state index in [-0.39, 0.29) is 17.0 Å². The lowest BCUT2D eigenvalue weighted by Crippen LogP contribution is -2.36. The van der Waals surface area contributed by atoms with Gasteiger partial charge in [-0.25, -0.2) is 8.42 Å². The van der Waals surface area contributed by atoms with Gasteiger partial charge >= 0.3 is 5.97 Å². The first-order chi connectivity index (χ1) is 14.9. The molecule has 1 aromatic carbocycles. The summed E-state index contributed by atoms with van der Waals surface area (Å²) in [5.74, 6) is -0.473. The number of piperidine rings is 1. The highest BCUT2D eigenvalue weighted by atomic mass is 32.2. The average molecular weight is 450 g/mol. The average Bonchev–Trinajstić information content (AvgIpc) is 3.47. The number of nitrogens with zero attached hydrogens (tertiary/aromatic N) is 2. The molecule has 1 N–H and O–H groups in total. The number of esters is 1. The zero-order valence-electron chi connectivity index (χ0n) is 17.8. The van der Waals surface area contributed by atoms with Gasteiger partial charge in [0.05, 0.1) is 17.1 Å². The lowest BCUT2D eigenvalue weighted by Gasteiger charge is -2.27. The van der Waals surface area contributed by atoms with Gasteiger partial charge in [-0.15, -0.1) is 0 Å². The summed E-state index contributed by atoms with van der Waals surface area (Å²) in [5.41, 5.74) is 0.994. The molecule has 3 aliphatic rings. The highest BCUT2D eigenvalue weighted by Crippen LogP contribution is 2.30. The summed E-state index contributed by atoms with van der Waals surface area (Å²) >= 11 is 0. The van der Waals surface area contributed by atoms with Crippen LogP contribution in [0.3, 0.4) is 0 Å². The van der Waals surface area contributed by atoms with Crippen LogP contribution in [0.1, 0.15) is 55.3 Å². The van der Waals surface area contributed by atoms with Crippen LogP contribution < -0.4 is 10.2 Å². The normalized spacial score (nSPS) is 19.9. The first-order valence-corrected chi connectivity index (χ1v) is 12.7. The van der Waals surface area contributed by atoms with Gasteiger partial charge in [-0.3, -0.25) is 9.59 Å². The predicted molar refractivity (Wildman–Crippen MR) is 117 cm³/mol. The smallest absolute Gasteiger partial charge is 0.325 e. The van der Waals surface area contributed by atoms with Crippen LogP contribution in [0.5, 0.6) is 0 Å². The molecule has 9 heteroatoms. The van der Waals surface area contributed by atoms with Gasteiger partial charge in [0.1, 0.15) is 6.54 Å². The molecule has 170 valence electrons. The SMILES string of the molecule is O=C(CNC(=O)c1cc(S(=O)(=O)N2CCCCC2)ccc1N1CCCC1)OCC1CC1. The molecule has 1 aliphatic carbocycles. The minimum atomic E-state index is -3.66. The van der Waals surface area contributed by atoms with Crippen molar-refractivity contribution in [2.45, 2.75) is 49.8 Å². The van der Waals surface area contributed by atoms with Gasteiger partial charge in [0.2, 0.25) is 10.0 Å². The van der Waals surface area contributed by atoms with Gasteiger partial charge in [-0.05, 0) is 62.6 Å². The van der Waals surface area contributed by atoms with Gasteiger partial charge in [0, 0.05) is 31.9 Å². The van der Waals surface area contributed by atoms with Gasteiger partial charge in [-0.1, -0.05) is 6.42 Å². The van der Waals surface area contributed by atoms with E-state index >= 15 is 0 Å². The Kier molecular flexibility index (Phi) is 6.81. The van der Waals surface area contributed by atoms with E-state index in [0.717, 1.165) is 58.0 Å². The first kappa shape index (κ1) is 22.1. The van der Waals surface area contributed by atoms with Gasteiger partial charge in [-0.2, -0.15) is 4.31 Å². The number of benzene rings is 1. The molecule has 0 radical (unpaired) electrons. The van der Waals surface area contributed by atoms with E-state index in [2.05, 4.69) is 10.2 Å². The zero-order chi connectivity index (χ0) is 21.8. The lowest BCUT2D eigenvalue weighted by molar-refractivity contribution is -0.142. The number of sulfonamides is 1. The predicted octanol–water partition coefficient (Wildman–Crippen LogP) is 2.14. The third-order valence-electron chi connectivity index (χ3n) is 6.18. The number of carbonyl (C=O) groups excluding carboxylic acids is 2. The lowest BCUT2D eigenvalue weighted by atomic mass is 10.1. The molecule has 8 nitrogen and oxygen atoms in total. The van der Waals surface area contributed by atoms with Gasteiger partial charge < -0.3 is 15.0 Å². The highest BCUT2D eigenvalue weighted by Gasteiger charge is 2.29. The van der Waals surface area contributed by atoms with Crippen LogP contribution in [0.4, 0.5) is 5.69 Å². The fourth-order valence-electron chi connectivity index (χ4n) is 4.14. The second kappa shape index (κ2) is 9.56. The van der Waals surface area contributed by atoms with Crippen LogP contribution in [-0.2, 0) is 19.6 Å². The molecule has 1 saturated carbocycles. The maximum absolute atomic E-state index is 13.1. The Morgan fingerprint density at radius 1 is 1.00 bits per heavy atom. The van der Waals surface area contributed by atoms with Crippen molar-refractivity contribution in [3.8, 4) is 0 Å². The van der Waals surface area contributed by atoms with Gasteiger partial charge in [0.25, 0.3) is 5.91 Å². The number of nitrogens with one attached hydrogen (secondary N) is 1. The molecule has 2 saturated heterocycles. The zero-order valence-corrected chi connectivity index (χ0v) is 18.7. The Labute approximate surface area is 184 Å². The highest BCUT2D eigenvalue weighted by molar-refractivity contribution is 7.89. The fourth-order valence-corrected chi connectivity index (χ4v) is 5.68. The molecule has 1 aromatic rings. The molecule has 2 aliphatic heterocycles. The summed E-state index contributed by atoms with van der Waals surface area (Å²) < 4.78 is 32.9. The number of amides is 1. The summed E-state index contributed by atoms with van der Waals surface area (Å²) in [6.07, 6.45) is 6.95. The molecule has 4 rings (SSSR count). The van der Waals surface area contributed by atoms with E-state index in [1.54, 1.807) is 12.1 Å². The standard InChI is InChI=1S/C22H31N3O5S/c26-21(30-16-17-6-7-17)15-23-22(27)19-14-18(8-9-20(19)24-10-4-5-11-24)31(28,29)25-12-2-1-3-13-25/h8-9,14,17H,1-7,10-13,15-16H2,(H,23,27). The summed E-state index contributed by atoms with van der Waals surface area (Å²) in [4.78, 5) is 27.1. The van der Waals surface area contributed by atoms with Crippen molar-refractivity contribution in [2.75, 3.05) is 44.2 Å².